The second kappa shape index (κ2) is 17.0. The van der Waals surface area contributed by atoms with Gasteiger partial charge in [-0.15, -0.1) is 0 Å². The minimum absolute atomic E-state index is 0.140. The van der Waals surface area contributed by atoms with Crippen LogP contribution in [0.1, 0.15) is 88.4 Å². The Labute approximate surface area is 315 Å². The summed E-state index contributed by atoms with van der Waals surface area (Å²) in [6.45, 7) is 9.80. The number of piperidine rings is 1. The summed E-state index contributed by atoms with van der Waals surface area (Å²) in [7, 11) is -4.05. The largest absolute Gasteiger partial charge is 0.493 e. The summed E-state index contributed by atoms with van der Waals surface area (Å²) in [6.07, 6.45) is 6.70. The number of sulfonamides is 1. The molecule has 0 spiro atoms. The molecule has 1 aliphatic carbocycles. The molecule has 2 atom stereocenters. The molecule has 53 heavy (non-hydrogen) atoms. The number of nitrogens with zero attached hydrogens (tertiary/aromatic N) is 3. The van der Waals surface area contributed by atoms with Gasteiger partial charge in [-0.2, -0.15) is 4.31 Å². The first-order valence-electron chi connectivity index (χ1n) is 19.3. The van der Waals surface area contributed by atoms with Gasteiger partial charge in [0.15, 0.2) is 0 Å². The van der Waals surface area contributed by atoms with Gasteiger partial charge in [-0.1, -0.05) is 79.4 Å². The van der Waals surface area contributed by atoms with Gasteiger partial charge in [0.1, 0.15) is 17.4 Å². The highest BCUT2D eigenvalue weighted by molar-refractivity contribution is 7.89. The van der Waals surface area contributed by atoms with Gasteiger partial charge in [0, 0.05) is 38.8 Å². The maximum atomic E-state index is 14.6. The van der Waals surface area contributed by atoms with E-state index in [1.165, 1.54) is 36.4 Å². The highest BCUT2D eigenvalue weighted by atomic mass is 32.2. The van der Waals surface area contributed by atoms with Crippen molar-refractivity contribution in [1.82, 2.24) is 19.4 Å². The fraction of sp³-hybridized carbons (Fsp3) is 0.524. The molecule has 1 unspecified atom stereocenters. The third kappa shape index (κ3) is 9.99. The van der Waals surface area contributed by atoms with Crippen molar-refractivity contribution < 1.29 is 27.5 Å². The molecule has 6 rings (SSSR count). The molecule has 0 radical (unpaired) electrons. The maximum absolute atomic E-state index is 14.6. The minimum atomic E-state index is -4.05. The molecular weight excluding hydrogens is 689 g/mol. The summed E-state index contributed by atoms with van der Waals surface area (Å²) >= 11 is 0. The number of hydrogen-bond acceptors (Lipinski definition) is 7. The second-order valence-electron chi connectivity index (χ2n) is 15.9. The predicted molar refractivity (Wildman–Crippen MR) is 206 cm³/mol. The fourth-order valence-corrected chi connectivity index (χ4v) is 9.51. The van der Waals surface area contributed by atoms with E-state index in [1.807, 2.05) is 45.0 Å². The Morgan fingerprint density at radius 1 is 0.830 bits per heavy atom. The number of hydrogen-bond donors (Lipinski definition) is 1. The zero-order chi connectivity index (χ0) is 37.6. The van der Waals surface area contributed by atoms with Gasteiger partial charge >= 0.3 is 6.09 Å². The number of likely N-dealkylation sites (tertiary alicyclic amines) is 1. The Bertz CT molecular complexity index is 1780. The number of rotatable bonds is 10. The Morgan fingerprint density at radius 2 is 1.51 bits per heavy atom. The van der Waals surface area contributed by atoms with Crippen molar-refractivity contribution in [2.75, 3.05) is 39.3 Å². The third-order valence-corrected chi connectivity index (χ3v) is 12.6. The zero-order valence-corrected chi connectivity index (χ0v) is 32.5. The zero-order valence-electron chi connectivity index (χ0n) is 31.7. The van der Waals surface area contributed by atoms with Crippen LogP contribution in [0.4, 0.5) is 4.79 Å². The predicted octanol–water partition coefficient (Wildman–Crippen LogP) is 6.93. The van der Waals surface area contributed by atoms with E-state index >= 15 is 0 Å². The molecule has 11 heteroatoms. The van der Waals surface area contributed by atoms with Crippen LogP contribution in [0.15, 0.2) is 83.8 Å². The molecule has 0 aromatic heterocycles. The minimum Gasteiger partial charge on any atom is -0.493 e. The van der Waals surface area contributed by atoms with Crippen LogP contribution in [0.2, 0.25) is 0 Å². The van der Waals surface area contributed by atoms with E-state index in [1.54, 1.807) is 29.2 Å². The van der Waals surface area contributed by atoms with E-state index in [0.717, 1.165) is 16.7 Å². The summed E-state index contributed by atoms with van der Waals surface area (Å²) < 4.78 is 41.9. The highest BCUT2D eigenvalue weighted by Gasteiger charge is 2.44. The average Bonchev–Trinajstić information content (AvgIpc) is 3.14. The number of benzene rings is 3. The Morgan fingerprint density at radius 3 is 2.17 bits per heavy atom. The smallest absolute Gasteiger partial charge is 0.407 e. The molecule has 2 saturated heterocycles. The van der Waals surface area contributed by atoms with Crippen LogP contribution in [-0.4, -0.2) is 91.5 Å². The number of carbonyl (C=O) groups excluding carboxylic acids is 2. The van der Waals surface area contributed by atoms with Crippen molar-refractivity contribution in [3.8, 4) is 5.75 Å². The van der Waals surface area contributed by atoms with E-state index in [0.29, 0.717) is 50.8 Å². The Kier molecular flexibility index (Phi) is 12.5. The van der Waals surface area contributed by atoms with Gasteiger partial charge in [-0.25, -0.2) is 13.2 Å². The van der Waals surface area contributed by atoms with Crippen LogP contribution >= 0.6 is 0 Å². The number of amides is 2. The van der Waals surface area contributed by atoms with E-state index in [-0.39, 0.29) is 36.0 Å². The fourth-order valence-electron chi connectivity index (χ4n) is 7.94. The number of nitrogens with one attached hydrogen (secondary N) is 1. The van der Waals surface area contributed by atoms with Gasteiger partial charge in [-0.05, 0) is 94.7 Å². The van der Waals surface area contributed by atoms with Crippen LogP contribution < -0.4 is 10.1 Å². The average molecular weight is 745 g/mol. The molecular formula is C42H56N4O6S. The number of aryl methyl sites for hydroxylation is 1. The van der Waals surface area contributed by atoms with Gasteiger partial charge in [-0.3, -0.25) is 9.69 Å². The van der Waals surface area contributed by atoms with Crippen LogP contribution in [0.25, 0.3) is 0 Å². The lowest BCUT2D eigenvalue weighted by Crippen LogP contribution is -2.62. The maximum Gasteiger partial charge on any atom is 0.407 e. The van der Waals surface area contributed by atoms with Gasteiger partial charge in [0.05, 0.1) is 17.5 Å². The first-order chi connectivity index (χ1) is 25.4. The van der Waals surface area contributed by atoms with E-state index in [4.69, 9.17) is 9.47 Å². The lowest BCUT2D eigenvalue weighted by molar-refractivity contribution is -0.138. The summed E-state index contributed by atoms with van der Waals surface area (Å²) in [4.78, 5) is 31.2. The molecule has 2 heterocycles. The number of ether oxygens (including phenoxy) is 2. The van der Waals surface area contributed by atoms with Gasteiger partial charge in [0.2, 0.25) is 15.9 Å². The first kappa shape index (κ1) is 38.8. The molecule has 0 bridgehead atoms. The summed E-state index contributed by atoms with van der Waals surface area (Å²) in [5, 5.41) is 2.94. The summed E-state index contributed by atoms with van der Waals surface area (Å²) in [5.41, 5.74) is 2.70. The van der Waals surface area contributed by atoms with Crippen molar-refractivity contribution in [3.63, 3.8) is 0 Å². The van der Waals surface area contributed by atoms with E-state index < -0.39 is 27.8 Å². The summed E-state index contributed by atoms with van der Waals surface area (Å²) in [6, 6.07) is 24.0. The van der Waals surface area contributed by atoms with Crippen molar-refractivity contribution in [2.24, 2.45) is 5.92 Å². The SMILES string of the molecule is Cc1cccc(C(c2ccccc2)N2CCN(S(=O)(=O)c3ccc(OCC4CCCCC4)cc3)[C@@H](C(=O)N3CCC(NC(=O)OC(C)(C)C)CC3)C2)c1. The van der Waals surface area contributed by atoms with Gasteiger partial charge < -0.3 is 19.7 Å². The normalized spacial score (nSPS) is 20.5. The van der Waals surface area contributed by atoms with Crippen LogP contribution in [0.5, 0.6) is 5.75 Å². The molecule has 3 fully saturated rings. The molecule has 3 aromatic carbocycles. The number of carbonyl (C=O) groups is 2. The molecule has 286 valence electrons. The Hall–Kier alpha value is -3.93. The lowest BCUT2D eigenvalue weighted by Gasteiger charge is -2.45. The molecule has 2 amide bonds. The Balaban J connectivity index is 1.24. The van der Waals surface area contributed by atoms with Crippen LogP contribution in [-0.2, 0) is 19.6 Å². The number of alkyl carbamates (subject to hydrolysis) is 1. The molecule has 10 nitrogen and oxygen atoms in total. The first-order valence-corrected chi connectivity index (χ1v) is 20.7. The monoisotopic (exact) mass is 744 g/mol. The second-order valence-corrected chi connectivity index (χ2v) is 17.8. The van der Waals surface area contributed by atoms with E-state index in [2.05, 4.69) is 47.5 Å². The van der Waals surface area contributed by atoms with Gasteiger partial charge in [0.25, 0.3) is 0 Å². The van der Waals surface area contributed by atoms with Crippen LogP contribution in [0.3, 0.4) is 0 Å². The highest BCUT2D eigenvalue weighted by Crippen LogP contribution is 2.34. The van der Waals surface area contributed by atoms with Crippen LogP contribution in [0, 0.1) is 12.8 Å². The lowest BCUT2D eigenvalue weighted by atomic mass is 9.90. The third-order valence-electron chi connectivity index (χ3n) is 10.7. The molecule has 3 aromatic rings. The quantitative estimate of drug-likeness (QED) is 0.240. The molecule has 1 saturated carbocycles. The number of piperazine rings is 1. The van der Waals surface area contributed by atoms with Crippen molar-refractivity contribution in [2.45, 2.75) is 101 Å². The van der Waals surface area contributed by atoms with Crippen molar-refractivity contribution >= 4 is 22.0 Å². The summed E-state index contributed by atoms with van der Waals surface area (Å²) in [5.74, 6) is 0.962. The molecule has 1 N–H and O–H groups in total. The standard InChI is InChI=1S/C42H56N4O6S/c1-31-12-11-17-34(28-31)39(33-15-9-6-10-16-33)45-26-27-46(53(49,50)37-20-18-36(19-21-37)51-30-32-13-7-5-8-14-32)38(29-45)40(47)44-24-22-35(23-25-44)43-41(48)52-42(2,3)4/h6,9-12,15-21,28,32,35,38-39H,5,7-8,13-14,22-27,29-30H2,1-4H3,(H,43,48)/t38-,39?/m1/s1. The van der Waals surface area contributed by atoms with Crippen molar-refractivity contribution in [1.29, 1.82) is 0 Å². The molecule has 2 aliphatic heterocycles. The molecule has 3 aliphatic rings. The van der Waals surface area contributed by atoms with Crippen molar-refractivity contribution in [3.05, 3.63) is 95.6 Å². The van der Waals surface area contributed by atoms with E-state index in [9.17, 15) is 18.0 Å². The topological polar surface area (TPSA) is 108 Å².